The predicted octanol–water partition coefficient (Wildman–Crippen LogP) is 2.11. The van der Waals surface area contributed by atoms with Gasteiger partial charge in [0.05, 0.1) is 0 Å². The standard InChI is InChI=1S/C12H16F2N2O2S2/c1-19-10-4-2-3-9(10)16-20(17,18)11-6-7(15)5-8(13)12(11)14/h5-6,9-10,16H,2-4,15H2,1H3. The molecule has 0 aromatic heterocycles. The largest absolute Gasteiger partial charge is 0.399 e. The first-order valence-corrected chi connectivity index (χ1v) is 8.92. The van der Waals surface area contributed by atoms with Gasteiger partial charge in [-0.05, 0) is 31.2 Å². The number of sulfonamides is 1. The Balaban J connectivity index is 2.31. The monoisotopic (exact) mass is 322 g/mol. The molecule has 8 heteroatoms. The van der Waals surface area contributed by atoms with E-state index >= 15 is 0 Å². The molecule has 20 heavy (non-hydrogen) atoms. The molecule has 4 nitrogen and oxygen atoms in total. The van der Waals surface area contributed by atoms with E-state index in [1.54, 1.807) is 11.8 Å². The summed E-state index contributed by atoms with van der Waals surface area (Å²) in [6.07, 6.45) is 4.41. The molecule has 1 aliphatic carbocycles. The number of halogens is 2. The number of anilines is 1. The van der Waals surface area contributed by atoms with E-state index < -0.39 is 26.6 Å². The molecule has 0 radical (unpaired) electrons. The van der Waals surface area contributed by atoms with Gasteiger partial charge >= 0.3 is 0 Å². The lowest BCUT2D eigenvalue weighted by Gasteiger charge is -2.19. The average Bonchev–Trinajstić information content (AvgIpc) is 2.80. The van der Waals surface area contributed by atoms with E-state index in [2.05, 4.69) is 4.72 Å². The van der Waals surface area contributed by atoms with Gasteiger partial charge in [-0.2, -0.15) is 11.8 Å². The van der Waals surface area contributed by atoms with Gasteiger partial charge in [0.15, 0.2) is 11.6 Å². The fraction of sp³-hybridized carbons (Fsp3) is 0.500. The lowest BCUT2D eigenvalue weighted by molar-refractivity contribution is 0.481. The Morgan fingerprint density at radius 1 is 1.35 bits per heavy atom. The van der Waals surface area contributed by atoms with Crippen molar-refractivity contribution in [1.82, 2.24) is 4.72 Å². The number of nitrogens with two attached hydrogens (primary N) is 1. The van der Waals surface area contributed by atoms with Crippen molar-refractivity contribution < 1.29 is 17.2 Å². The van der Waals surface area contributed by atoms with Crippen LogP contribution in [0.3, 0.4) is 0 Å². The highest BCUT2D eigenvalue weighted by Crippen LogP contribution is 2.30. The van der Waals surface area contributed by atoms with Crippen LogP contribution in [-0.4, -0.2) is 26.0 Å². The molecule has 2 unspecified atom stereocenters. The van der Waals surface area contributed by atoms with Gasteiger partial charge in [-0.1, -0.05) is 6.42 Å². The SMILES string of the molecule is CSC1CCCC1NS(=O)(=O)c1cc(N)cc(F)c1F. The minimum Gasteiger partial charge on any atom is -0.399 e. The van der Waals surface area contributed by atoms with Crippen LogP contribution >= 0.6 is 11.8 Å². The van der Waals surface area contributed by atoms with Crippen molar-refractivity contribution in [2.24, 2.45) is 0 Å². The summed E-state index contributed by atoms with van der Waals surface area (Å²) in [6, 6.07) is 1.43. The molecule has 1 aromatic carbocycles. The minimum absolute atomic E-state index is 0.128. The average molecular weight is 322 g/mol. The topological polar surface area (TPSA) is 72.2 Å². The molecular formula is C12H16F2N2O2S2. The number of rotatable bonds is 4. The van der Waals surface area contributed by atoms with Crippen LogP contribution in [0, 0.1) is 11.6 Å². The summed E-state index contributed by atoms with van der Waals surface area (Å²) in [6.45, 7) is 0. The summed E-state index contributed by atoms with van der Waals surface area (Å²) >= 11 is 1.57. The van der Waals surface area contributed by atoms with E-state index in [1.165, 1.54) is 0 Å². The highest BCUT2D eigenvalue weighted by molar-refractivity contribution is 7.99. The molecular weight excluding hydrogens is 306 g/mol. The van der Waals surface area contributed by atoms with Gasteiger partial charge in [0.25, 0.3) is 0 Å². The first-order chi connectivity index (χ1) is 9.35. The highest BCUT2D eigenvalue weighted by atomic mass is 32.2. The van der Waals surface area contributed by atoms with Crippen molar-refractivity contribution in [3.05, 3.63) is 23.8 Å². The van der Waals surface area contributed by atoms with E-state index in [4.69, 9.17) is 5.73 Å². The van der Waals surface area contributed by atoms with E-state index in [1.807, 2.05) is 6.26 Å². The van der Waals surface area contributed by atoms with Crippen molar-refractivity contribution in [3.63, 3.8) is 0 Å². The third-order valence-electron chi connectivity index (χ3n) is 3.37. The van der Waals surface area contributed by atoms with E-state index in [-0.39, 0.29) is 17.0 Å². The molecule has 0 aliphatic heterocycles. The minimum atomic E-state index is -4.12. The van der Waals surface area contributed by atoms with Gasteiger partial charge in [0.2, 0.25) is 10.0 Å². The fourth-order valence-corrected chi connectivity index (χ4v) is 4.84. The number of thioether (sulfide) groups is 1. The molecule has 0 spiro atoms. The number of nitrogen functional groups attached to an aromatic ring is 1. The van der Waals surface area contributed by atoms with Crippen molar-refractivity contribution in [1.29, 1.82) is 0 Å². The second-order valence-corrected chi connectivity index (χ2v) is 7.51. The summed E-state index contributed by atoms with van der Waals surface area (Å²) in [4.78, 5) is -0.734. The Morgan fingerprint density at radius 2 is 2.05 bits per heavy atom. The second-order valence-electron chi connectivity index (χ2n) is 4.75. The molecule has 2 atom stereocenters. The lowest BCUT2D eigenvalue weighted by atomic mass is 10.3. The van der Waals surface area contributed by atoms with Gasteiger partial charge < -0.3 is 5.73 Å². The molecule has 112 valence electrons. The number of hydrogen-bond donors (Lipinski definition) is 2. The van der Waals surface area contributed by atoms with Crippen molar-refractivity contribution in [3.8, 4) is 0 Å². The van der Waals surface area contributed by atoms with Crippen LogP contribution < -0.4 is 10.5 Å². The van der Waals surface area contributed by atoms with Gasteiger partial charge in [-0.15, -0.1) is 0 Å². The Hall–Kier alpha value is -0.860. The Bertz CT molecular complexity index is 608. The van der Waals surface area contributed by atoms with Crippen molar-refractivity contribution >= 4 is 27.5 Å². The molecule has 3 N–H and O–H groups in total. The maximum Gasteiger partial charge on any atom is 0.243 e. The van der Waals surface area contributed by atoms with Crippen LogP contribution in [0.4, 0.5) is 14.5 Å². The number of nitrogens with one attached hydrogen (secondary N) is 1. The summed E-state index contributed by atoms with van der Waals surface area (Å²) in [5.41, 5.74) is 5.26. The molecule has 0 amide bonds. The smallest absolute Gasteiger partial charge is 0.243 e. The van der Waals surface area contributed by atoms with Crippen LogP contribution in [0.15, 0.2) is 17.0 Å². The first-order valence-electron chi connectivity index (χ1n) is 6.15. The molecule has 0 saturated heterocycles. The maximum atomic E-state index is 13.7. The Morgan fingerprint density at radius 3 is 2.70 bits per heavy atom. The second kappa shape index (κ2) is 5.87. The zero-order valence-corrected chi connectivity index (χ0v) is 12.5. The zero-order chi connectivity index (χ0) is 14.9. The number of benzene rings is 1. The molecule has 1 aliphatic rings. The third kappa shape index (κ3) is 3.07. The van der Waals surface area contributed by atoms with E-state index in [9.17, 15) is 17.2 Å². The summed E-state index contributed by atoms with van der Waals surface area (Å²) in [7, 11) is -4.12. The van der Waals surface area contributed by atoms with E-state index in [0.717, 1.165) is 25.0 Å². The number of hydrogen-bond acceptors (Lipinski definition) is 4. The predicted molar refractivity (Wildman–Crippen MR) is 76.0 cm³/mol. The van der Waals surface area contributed by atoms with Crippen molar-refractivity contribution in [2.45, 2.75) is 35.4 Å². The molecule has 1 saturated carbocycles. The highest BCUT2D eigenvalue weighted by Gasteiger charge is 2.32. The van der Waals surface area contributed by atoms with Crippen LogP contribution in [0.5, 0.6) is 0 Å². The normalized spacial score (nSPS) is 23.1. The van der Waals surface area contributed by atoms with Gasteiger partial charge in [0, 0.05) is 17.0 Å². The first kappa shape index (κ1) is 15.5. The van der Waals surface area contributed by atoms with Gasteiger partial charge in [-0.3, -0.25) is 0 Å². The zero-order valence-electron chi connectivity index (χ0n) is 10.9. The van der Waals surface area contributed by atoms with Crippen LogP contribution in [0.2, 0.25) is 0 Å². The van der Waals surface area contributed by atoms with E-state index in [0.29, 0.717) is 6.42 Å². The van der Waals surface area contributed by atoms with Crippen LogP contribution in [0.25, 0.3) is 0 Å². The molecule has 0 bridgehead atoms. The summed E-state index contributed by atoms with van der Waals surface area (Å²) < 4.78 is 53.8. The van der Waals surface area contributed by atoms with Gasteiger partial charge in [-0.25, -0.2) is 21.9 Å². The van der Waals surface area contributed by atoms with Crippen LogP contribution in [-0.2, 0) is 10.0 Å². The van der Waals surface area contributed by atoms with Crippen molar-refractivity contribution in [2.75, 3.05) is 12.0 Å². The molecule has 1 aromatic rings. The maximum absolute atomic E-state index is 13.7. The van der Waals surface area contributed by atoms with Crippen LogP contribution in [0.1, 0.15) is 19.3 Å². The Labute approximate surface area is 121 Å². The quantitative estimate of drug-likeness (QED) is 0.833. The molecule has 0 heterocycles. The summed E-state index contributed by atoms with van der Waals surface area (Å²) in [5, 5.41) is 0.152. The molecule has 2 rings (SSSR count). The third-order valence-corrected chi connectivity index (χ3v) is 6.03. The fourth-order valence-electron chi connectivity index (χ4n) is 2.39. The summed E-state index contributed by atoms with van der Waals surface area (Å²) in [5.74, 6) is -2.66. The lowest BCUT2D eigenvalue weighted by Crippen LogP contribution is -2.39. The molecule has 1 fully saturated rings. The Kier molecular flexibility index (Phi) is 4.55. The van der Waals surface area contributed by atoms with Gasteiger partial charge in [0.1, 0.15) is 4.90 Å².